The molecule has 0 aromatic heterocycles. The van der Waals surface area contributed by atoms with Crippen molar-refractivity contribution < 1.29 is 0 Å². The first-order chi connectivity index (χ1) is 5.95. The van der Waals surface area contributed by atoms with Crippen LogP contribution in [0.2, 0.25) is 0 Å². The first-order valence-electron chi connectivity index (χ1n) is 4.66. The van der Waals surface area contributed by atoms with Crippen LogP contribution in [-0.2, 0) is 6.42 Å². The van der Waals surface area contributed by atoms with Gasteiger partial charge in [0, 0.05) is 0 Å². The smallest absolute Gasteiger partial charge is 0.0170 e. The second kappa shape index (κ2) is 4.05. The molecule has 0 spiro atoms. The van der Waals surface area contributed by atoms with E-state index >= 15 is 0 Å². The fourth-order valence-electron chi connectivity index (χ4n) is 1.28. The van der Waals surface area contributed by atoms with Crippen LogP contribution in [0.15, 0.2) is 30.3 Å². The predicted octanol–water partition coefficient (Wildman–Crippen LogP) is 3.34. The summed E-state index contributed by atoms with van der Waals surface area (Å²) in [4.78, 5) is 0. The molecule has 0 heterocycles. The summed E-state index contributed by atoms with van der Waals surface area (Å²) in [6.07, 6.45) is 5.58. The highest BCUT2D eigenvalue weighted by atomic mass is 31.1. The van der Waals surface area contributed by atoms with E-state index in [4.69, 9.17) is 0 Å². The molecule has 1 fully saturated rings. The molecule has 12 heavy (non-hydrogen) atoms. The van der Waals surface area contributed by atoms with Gasteiger partial charge in [0.25, 0.3) is 0 Å². The van der Waals surface area contributed by atoms with E-state index in [1.165, 1.54) is 31.0 Å². The normalized spacial score (nSPS) is 17.3. The molecular formula is C11H14P. The average Bonchev–Trinajstić information content (AvgIpc) is 2.90. The van der Waals surface area contributed by atoms with Crippen molar-refractivity contribution in [2.24, 2.45) is 0 Å². The molecule has 1 heteroatoms. The Balaban J connectivity index is 1.72. The highest BCUT2D eigenvalue weighted by Crippen LogP contribution is 2.39. The molecule has 0 aliphatic heterocycles. The van der Waals surface area contributed by atoms with Crippen molar-refractivity contribution in [3.8, 4) is 0 Å². The van der Waals surface area contributed by atoms with Crippen LogP contribution in [0.25, 0.3) is 0 Å². The van der Waals surface area contributed by atoms with Gasteiger partial charge in [0.1, 0.15) is 0 Å². The summed E-state index contributed by atoms with van der Waals surface area (Å²) < 4.78 is 0. The lowest BCUT2D eigenvalue weighted by Gasteiger charge is -1.98. The van der Waals surface area contributed by atoms with Gasteiger partial charge < -0.3 is 0 Å². The minimum Gasteiger partial charge on any atom is -0.0772 e. The molecular weight excluding hydrogens is 163 g/mol. The molecule has 0 amide bonds. The van der Waals surface area contributed by atoms with Crippen molar-refractivity contribution in [2.45, 2.75) is 24.9 Å². The molecule has 1 aliphatic carbocycles. The lowest BCUT2D eigenvalue weighted by Crippen LogP contribution is -1.86. The molecule has 1 aromatic rings. The molecule has 0 atom stereocenters. The van der Waals surface area contributed by atoms with Crippen LogP contribution in [0.3, 0.4) is 0 Å². The number of aryl methyl sites for hydroxylation is 1. The van der Waals surface area contributed by atoms with E-state index in [0.29, 0.717) is 0 Å². The van der Waals surface area contributed by atoms with E-state index in [0.717, 1.165) is 5.66 Å². The van der Waals surface area contributed by atoms with E-state index in [9.17, 15) is 0 Å². The lowest BCUT2D eigenvalue weighted by molar-refractivity contribution is 1.15. The van der Waals surface area contributed by atoms with Gasteiger partial charge >= 0.3 is 0 Å². The SMILES string of the molecule is c1ccc(CC[P]C2CC2)cc1. The summed E-state index contributed by atoms with van der Waals surface area (Å²) in [5, 5.41) is 0. The Kier molecular flexibility index (Phi) is 2.79. The van der Waals surface area contributed by atoms with Crippen LogP contribution in [0.1, 0.15) is 18.4 Å². The summed E-state index contributed by atoms with van der Waals surface area (Å²) >= 11 is 0. The number of benzene rings is 1. The molecule has 1 aliphatic rings. The van der Waals surface area contributed by atoms with E-state index in [2.05, 4.69) is 30.3 Å². The summed E-state index contributed by atoms with van der Waals surface area (Å²) in [7, 11) is 1.68. The summed E-state index contributed by atoms with van der Waals surface area (Å²) in [6, 6.07) is 10.8. The van der Waals surface area contributed by atoms with E-state index < -0.39 is 0 Å². The third kappa shape index (κ3) is 2.60. The maximum Gasteiger partial charge on any atom is -0.0170 e. The summed E-state index contributed by atoms with van der Waals surface area (Å²) in [5.41, 5.74) is 2.55. The van der Waals surface area contributed by atoms with Gasteiger partial charge in [0.2, 0.25) is 0 Å². The quantitative estimate of drug-likeness (QED) is 0.619. The topological polar surface area (TPSA) is 0 Å². The van der Waals surface area contributed by atoms with Crippen molar-refractivity contribution >= 4 is 8.58 Å². The minimum atomic E-state index is 1.06. The van der Waals surface area contributed by atoms with Gasteiger partial charge in [-0.15, -0.1) is 0 Å². The van der Waals surface area contributed by atoms with Crippen molar-refractivity contribution in [1.29, 1.82) is 0 Å². The molecule has 0 bridgehead atoms. The maximum absolute atomic E-state index is 2.22. The van der Waals surface area contributed by atoms with Crippen molar-refractivity contribution in [3.05, 3.63) is 35.9 Å². The Morgan fingerprint density at radius 3 is 2.58 bits per heavy atom. The minimum absolute atomic E-state index is 1.06. The molecule has 0 nitrogen and oxygen atoms in total. The van der Waals surface area contributed by atoms with Crippen LogP contribution in [0.4, 0.5) is 0 Å². The molecule has 63 valence electrons. The van der Waals surface area contributed by atoms with Crippen LogP contribution < -0.4 is 0 Å². The molecule has 0 saturated heterocycles. The number of hydrogen-bond acceptors (Lipinski definition) is 0. The van der Waals surface area contributed by atoms with Gasteiger partial charge in [0.15, 0.2) is 0 Å². The zero-order valence-corrected chi connectivity index (χ0v) is 8.13. The van der Waals surface area contributed by atoms with Crippen LogP contribution >= 0.6 is 8.58 Å². The molecule has 0 unspecified atom stereocenters. The number of rotatable bonds is 4. The van der Waals surface area contributed by atoms with Gasteiger partial charge in [0.05, 0.1) is 0 Å². The lowest BCUT2D eigenvalue weighted by atomic mass is 10.2. The predicted molar refractivity (Wildman–Crippen MR) is 55.0 cm³/mol. The van der Waals surface area contributed by atoms with Crippen molar-refractivity contribution in [3.63, 3.8) is 0 Å². The Bertz CT molecular complexity index is 226. The van der Waals surface area contributed by atoms with Gasteiger partial charge in [-0.3, -0.25) is 0 Å². The highest BCUT2D eigenvalue weighted by molar-refractivity contribution is 7.39. The van der Waals surface area contributed by atoms with E-state index in [1.54, 1.807) is 8.58 Å². The van der Waals surface area contributed by atoms with Crippen LogP contribution in [0.5, 0.6) is 0 Å². The zero-order chi connectivity index (χ0) is 8.23. The van der Waals surface area contributed by atoms with Gasteiger partial charge in [-0.1, -0.05) is 38.9 Å². The van der Waals surface area contributed by atoms with Crippen molar-refractivity contribution in [2.75, 3.05) is 6.16 Å². The van der Waals surface area contributed by atoms with Gasteiger partial charge in [-0.2, -0.15) is 0 Å². The average molecular weight is 177 g/mol. The fraction of sp³-hybridized carbons (Fsp3) is 0.455. The van der Waals surface area contributed by atoms with Gasteiger partial charge in [-0.05, 0) is 36.6 Å². The standard InChI is InChI=1S/C11H14P/c1-2-4-10(5-3-1)8-9-12-11-6-7-11/h1-5,11H,6-9H2. The maximum atomic E-state index is 2.22. The summed E-state index contributed by atoms with van der Waals surface area (Å²) in [5.74, 6) is 0. The largest absolute Gasteiger partial charge is 0.0772 e. The number of hydrogen-bond donors (Lipinski definition) is 0. The van der Waals surface area contributed by atoms with Gasteiger partial charge in [-0.25, -0.2) is 0 Å². The molecule has 1 aromatic carbocycles. The van der Waals surface area contributed by atoms with E-state index in [-0.39, 0.29) is 0 Å². The zero-order valence-electron chi connectivity index (χ0n) is 7.24. The van der Waals surface area contributed by atoms with Crippen LogP contribution in [0, 0.1) is 0 Å². The highest BCUT2D eigenvalue weighted by Gasteiger charge is 2.20. The molecule has 1 saturated carbocycles. The molecule has 2 rings (SSSR count). The first kappa shape index (κ1) is 8.26. The Morgan fingerprint density at radius 2 is 1.92 bits per heavy atom. The Labute approximate surface area is 76.2 Å². The molecule has 1 radical (unpaired) electrons. The second-order valence-electron chi connectivity index (χ2n) is 3.37. The van der Waals surface area contributed by atoms with Crippen molar-refractivity contribution in [1.82, 2.24) is 0 Å². The molecule has 0 N–H and O–H groups in total. The Hall–Kier alpha value is -0.350. The van der Waals surface area contributed by atoms with E-state index in [1.807, 2.05) is 0 Å². The summed E-state index contributed by atoms with van der Waals surface area (Å²) in [6.45, 7) is 0. The van der Waals surface area contributed by atoms with Crippen LogP contribution in [-0.4, -0.2) is 11.8 Å². The third-order valence-electron chi connectivity index (χ3n) is 2.18. The fourth-order valence-corrected chi connectivity index (χ4v) is 2.54. The Morgan fingerprint density at radius 1 is 1.17 bits per heavy atom. The third-order valence-corrected chi connectivity index (χ3v) is 3.69. The monoisotopic (exact) mass is 177 g/mol. The first-order valence-corrected chi connectivity index (χ1v) is 5.80. The second-order valence-corrected chi connectivity index (χ2v) is 4.92.